The first kappa shape index (κ1) is 19.1. The Bertz CT molecular complexity index is 1170. The first-order valence-corrected chi connectivity index (χ1v) is 10.2. The zero-order chi connectivity index (χ0) is 20.4. The van der Waals surface area contributed by atoms with Crippen LogP contribution in [-0.4, -0.2) is 20.4 Å². The average molecular weight is 404 g/mol. The molecule has 0 unspecified atom stereocenters. The fourth-order valence-electron chi connectivity index (χ4n) is 3.36. The maximum atomic E-state index is 13.5. The minimum absolute atomic E-state index is 0.0831. The van der Waals surface area contributed by atoms with Crippen LogP contribution in [0.5, 0.6) is 0 Å². The van der Waals surface area contributed by atoms with Gasteiger partial charge in [-0.25, -0.2) is 4.98 Å². The molecule has 4 rings (SSSR count). The third kappa shape index (κ3) is 3.84. The highest BCUT2D eigenvalue weighted by Crippen LogP contribution is 2.29. The van der Waals surface area contributed by atoms with Crippen molar-refractivity contribution >= 4 is 27.5 Å². The average Bonchev–Trinajstić information content (AvgIpc) is 3.08. The van der Waals surface area contributed by atoms with E-state index in [9.17, 15) is 9.59 Å². The van der Waals surface area contributed by atoms with Gasteiger partial charge < -0.3 is 9.47 Å². The van der Waals surface area contributed by atoms with Gasteiger partial charge in [-0.2, -0.15) is 0 Å². The molecule has 0 aliphatic heterocycles. The second-order valence-corrected chi connectivity index (χ2v) is 8.03. The Kier molecular flexibility index (Phi) is 5.27. The number of aromatic nitrogens is 2. The highest BCUT2D eigenvalue weighted by Gasteiger charge is 2.24. The molecule has 0 saturated heterocycles. The van der Waals surface area contributed by atoms with Gasteiger partial charge in [-0.15, -0.1) is 11.3 Å². The number of fused-ring (bicyclic) bond motifs is 1. The van der Waals surface area contributed by atoms with Gasteiger partial charge >= 0.3 is 0 Å². The monoisotopic (exact) mass is 403 g/mol. The van der Waals surface area contributed by atoms with E-state index in [0.29, 0.717) is 33.7 Å². The van der Waals surface area contributed by atoms with Crippen LogP contribution in [0.25, 0.3) is 10.2 Å². The molecule has 0 atom stereocenters. The molecule has 0 N–H and O–H groups in total. The molecule has 0 radical (unpaired) electrons. The van der Waals surface area contributed by atoms with Crippen molar-refractivity contribution in [1.82, 2.24) is 14.5 Å². The topological polar surface area (TPSA) is 55.2 Å². The zero-order valence-electron chi connectivity index (χ0n) is 16.3. The van der Waals surface area contributed by atoms with E-state index in [1.165, 1.54) is 22.2 Å². The van der Waals surface area contributed by atoms with Crippen LogP contribution < -0.4 is 5.56 Å². The van der Waals surface area contributed by atoms with Gasteiger partial charge in [0.2, 0.25) is 0 Å². The van der Waals surface area contributed by atoms with E-state index in [1.807, 2.05) is 72.5 Å². The summed E-state index contributed by atoms with van der Waals surface area (Å²) in [6.07, 6.45) is 1.50. The molecule has 6 heteroatoms. The molecule has 5 nitrogen and oxygen atoms in total. The van der Waals surface area contributed by atoms with E-state index in [4.69, 9.17) is 0 Å². The number of thiophene rings is 1. The first-order chi connectivity index (χ1) is 14.0. The summed E-state index contributed by atoms with van der Waals surface area (Å²) in [5.41, 5.74) is 2.70. The van der Waals surface area contributed by atoms with E-state index in [1.54, 1.807) is 7.05 Å². The summed E-state index contributed by atoms with van der Waals surface area (Å²) in [6, 6.07) is 19.9. The zero-order valence-corrected chi connectivity index (χ0v) is 17.1. The summed E-state index contributed by atoms with van der Waals surface area (Å²) in [4.78, 5) is 33.4. The van der Waals surface area contributed by atoms with Gasteiger partial charge in [-0.05, 0) is 23.6 Å². The summed E-state index contributed by atoms with van der Waals surface area (Å²) in [6.45, 7) is 2.82. The van der Waals surface area contributed by atoms with E-state index in [0.717, 1.165) is 11.1 Å². The third-order valence-electron chi connectivity index (χ3n) is 4.92. The maximum absolute atomic E-state index is 13.5. The largest absolute Gasteiger partial charge is 0.329 e. The normalized spacial score (nSPS) is 11.0. The van der Waals surface area contributed by atoms with Crippen LogP contribution in [0.2, 0.25) is 0 Å². The van der Waals surface area contributed by atoms with Gasteiger partial charge in [-0.3, -0.25) is 9.59 Å². The van der Waals surface area contributed by atoms with Gasteiger partial charge in [0, 0.05) is 20.1 Å². The molecule has 1 amide bonds. The van der Waals surface area contributed by atoms with Crippen LogP contribution in [0.4, 0.5) is 0 Å². The Labute approximate surface area is 172 Å². The Morgan fingerprint density at radius 2 is 1.55 bits per heavy atom. The van der Waals surface area contributed by atoms with Crippen molar-refractivity contribution in [3.8, 4) is 0 Å². The highest BCUT2D eigenvalue weighted by atomic mass is 32.1. The number of amides is 1. The predicted molar refractivity (Wildman–Crippen MR) is 116 cm³/mol. The molecule has 4 aromatic rings. The molecule has 29 heavy (non-hydrogen) atoms. The van der Waals surface area contributed by atoms with Crippen molar-refractivity contribution in [1.29, 1.82) is 0 Å². The van der Waals surface area contributed by atoms with Crippen molar-refractivity contribution < 1.29 is 4.79 Å². The van der Waals surface area contributed by atoms with E-state index >= 15 is 0 Å². The summed E-state index contributed by atoms with van der Waals surface area (Å²) < 4.78 is 1.45. The van der Waals surface area contributed by atoms with Crippen LogP contribution in [0.3, 0.4) is 0 Å². The molecule has 0 saturated carbocycles. The number of hydrogen-bond acceptors (Lipinski definition) is 4. The molecule has 0 aliphatic rings. The smallest absolute Gasteiger partial charge is 0.264 e. The summed E-state index contributed by atoms with van der Waals surface area (Å²) in [7, 11) is 1.67. The quantitative estimate of drug-likeness (QED) is 0.503. The molecule has 0 bridgehead atoms. The van der Waals surface area contributed by atoms with E-state index in [-0.39, 0.29) is 11.5 Å². The lowest BCUT2D eigenvalue weighted by molar-refractivity contribution is 0.0734. The van der Waals surface area contributed by atoms with Crippen LogP contribution in [-0.2, 0) is 20.1 Å². The SMILES string of the molecule is Cc1c(C(=O)N(Cc2ccccc2)Cc2ccccc2)sc2ncn(C)c(=O)c12. The Balaban J connectivity index is 1.74. The molecular formula is C23H21N3O2S. The van der Waals surface area contributed by atoms with Gasteiger partial charge in [0.05, 0.1) is 16.6 Å². The van der Waals surface area contributed by atoms with Crippen molar-refractivity contribution in [3.63, 3.8) is 0 Å². The highest BCUT2D eigenvalue weighted by molar-refractivity contribution is 7.20. The fraction of sp³-hybridized carbons (Fsp3) is 0.174. The van der Waals surface area contributed by atoms with Gasteiger partial charge in [0.15, 0.2) is 0 Å². The molecule has 2 aromatic heterocycles. The van der Waals surface area contributed by atoms with Crippen LogP contribution in [0.15, 0.2) is 71.8 Å². The summed E-state index contributed by atoms with van der Waals surface area (Å²) in [5, 5.41) is 0.530. The number of aryl methyl sites for hydroxylation is 2. The number of carbonyl (C=O) groups excluding carboxylic acids is 1. The third-order valence-corrected chi connectivity index (χ3v) is 6.11. The number of rotatable bonds is 5. The lowest BCUT2D eigenvalue weighted by atomic mass is 10.1. The van der Waals surface area contributed by atoms with Crippen molar-refractivity contribution in [3.05, 3.63) is 98.9 Å². The Morgan fingerprint density at radius 3 is 2.10 bits per heavy atom. The summed E-state index contributed by atoms with van der Waals surface area (Å²) in [5.74, 6) is -0.0831. The van der Waals surface area contributed by atoms with Crippen LogP contribution in [0, 0.1) is 6.92 Å². The molecule has 2 heterocycles. The first-order valence-electron chi connectivity index (χ1n) is 9.36. The predicted octanol–water partition coefficient (Wildman–Crippen LogP) is 4.15. The lowest BCUT2D eigenvalue weighted by Crippen LogP contribution is -2.30. The van der Waals surface area contributed by atoms with Crippen molar-refractivity contribution in [2.45, 2.75) is 20.0 Å². The minimum atomic E-state index is -0.125. The lowest BCUT2D eigenvalue weighted by Gasteiger charge is -2.23. The summed E-state index contributed by atoms with van der Waals surface area (Å²) >= 11 is 1.29. The van der Waals surface area contributed by atoms with Crippen LogP contribution in [0.1, 0.15) is 26.4 Å². The number of nitrogens with zero attached hydrogens (tertiary/aromatic N) is 3. The van der Waals surface area contributed by atoms with Gasteiger partial charge in [0.25, 0.3) is 11.5 Å². The Morgan fingerprint density at radius 1 is 1.00 bits per heavy atom. The fourth-order valence-corrected chi connectivity index (χ4v) is 4.47. The second kappa shape index (κ2) is 8.01. The maximum Gasteiger partial charge on any atom is 0.264 e. The van der Waals surface area contributed by atoms with Crippen molar-refractivity contribution in [2.75, 3.05) is 0 Å². The molecule has 0 spiro atoms. The molecular weight excluding hydrogens is 382 g/mol. The molecule has 0 fully saturated rings. The standard InChI is InChI=1S/C23H21N3O2S/c1-16-19-21(24-15-25(2)22(19)27)29-20(16)23(28)26(13-17-9-5-3-6-10-17)14-18-11-7-4-8-12-18/h3-12,15H,13-14H2,1-2H3. The van der Waals surface area contributed by atoms with Gasteiger partial charge in [-0.1, -0.05) is 60.7 Å². The van der Waals surface area contributed by atoms with Gasteiger partial charge in [0.1, 0.15) is 4.83 Å². The van der Waals surface area contributed by atoms with E-state index < -0.39 is 0 Å². The number of carbonyl (C=O) groups is 1. The second-order valence-electron chi connectivity index (χ2n) is 7.03. The molecule has 2 aromatic carbocycles. The molecule has 146 valence electrons. The Hall–Kier alpha value is -3.25. The van der Waals surface area contributed by atoms with Crippen LogP contribution >= 0.6 is 11.3 Å². The number of hydrogen-bond donors (Lipinski definition) is 0. The number of benzene rings is 2. The van der Waals surface area contributed by atoms with Crippen molar-refractivity contribution in [2.24, 2.45) is 7.05 Å². The molecule has 0 aliphatic carbocycles. The minimum Gasteiger partial charge on any atom is -0.329 e. The van der Waals surface area contributed by atoms with E-state index in [2.05, 4.69) is 4.98 Å².